The van der Waals surface area contributed by atoms with Crippen molar-refractivity contribution in [3.05, 3.63) is 34.9 Å². The van der Waals surface area contributed by atoms with Crippen LogP contribution in [-0.4, -0.2) is 36.3 Å². The Morgan fingerprint density at radius 2 is 2.00 bits per heavy atom. The van der Waals surface area contributed by atoms with Crippen LogP contribution in [0.4, 0.5) is 0 Å². The summed E-state index contributed by atoms with van der Waals surface area (Å²) in [6.45, 7) is 8.18. The van der Waals surface area contributed by atoms with Crippen LogP contribution in [0.1, 0.15) is 66.9 Å². The van der Waals surface area contributed by atoms with Crippen molar-refractivity contribution in [1.29, 1.82) is 0 Å². The molecule has 1 N–H and O–H groups in total. The fourth-order valence-corrected chi connectivity index (χ4v) is 3.42. The van der Waals surface area contributed by atoms with E-state index in [0.29, 0.717) is 6.54 Å². The van der Waals surface area contributed by atoms with Crippen molar-refractivity contribution in [2.75, 3.05) is 19.6 Å². The molecule has 1 aliphatic heterocycles. The molecule has 138 valence electrons. The molecule has 1 heterocycles. The second-order valence-corrected chi connectivity index (χ2v) is 7.26. The van der Waals surface area contributed by atoms with Crippen molar-refractivity contribution in [2.45, 2.75) is 59.3 Å². The summed E-state index contributed by atoms with van der Waals surface area (Å²) in [5.41, 5.74) is 2.85. The van der Waals surface area contributed by atoms with E-state index in [4.69, 9.17) is 0 Å². The number of amides is 2. The first-order valence-corrected chi connectivity index (χ1v) is 9.67. The predicted octanol–water partition coefficient (Wildman–Crippen LogP) is 3.85. The standard InChI is InChI=1S/C21H32N2O2/c1-4-5-6-7-12-22-20(24)18-9-8-13-23(15-18)21(25)19-14-16(2)10-11-17(19)3/h10-11,14,18H,4-9,12-13,15H2,1-3H3,(H,22,24). The third kappa shape index (κ3) is 5.58. The Bertz CT molecular complexity index is 598. The Hall–Kier alpha value is -1.84. The Morgan fingerprint density at radius 3 is 2.76 bits per heavy atom. The number of piperidine rings is 1. The normalized spacial score (nSPS) is 17.4. The Labute approximate surface area is 152 Å². The molecule has 0 spiro atoms. The minimum atomic E-state index is -0.0750. The maximum absolute atomic E-state index is 12.9. The van der Waals surface area contributed by atoms with Crippen LogP contribution in [0.15, 0.2) is 18.2 Å². The van der Waals surface area contributed by atoms with Gasteiger partial charge in [-0.15, -0.1) is 0 Å². The number of likely N-dealkylation sites (tertiary alicyclic amines) is 1. The molecular weight excluding hydrogens is 312 g/mol. The van der Waals surface area contributed by atoms with E-state index in [2.05, 4.69) is 12.2 Å². The first-order chi connectivity index (χ1) is 12.0. The number of hydrogen-bond donors (Lipinski definition) is 1. The highest BCUT2D eigenvalue weighted by Gasteiger charge is 2.29. The van der Waals surface area contributed by atoms with Crippen LogP contribution < -0.4 is 5.32 Å². The molecule has 2 rings (SSSR count). The Morgan fingerprint density at radius 1 is 1.20 bits per heavy atom. The smallest absolute Gasteiger partial charge is 0.254 e. The van der Waals surface area contributed by atoms with Crippen molar-refractivity contribution in [1.82, 2.24) is 10.2 Å². The lowest BCUT2D eigenvalue weighted by atomic mass is 9.95. The van der Waals surface area contributed by atoms with Crippen molar-refractivity contribution in [3.63, 3.8) is 0 Å². The van der Waals surface area contributed by atoms with Gasteiger partial charge in [0.2, 0.25) is 5.91 Å². The summed E-state index contributed by atoms with van der Waals surface area (Å²) in [6, 6.07) is 5.97. The number of rotatable bonds is 7. The zero-order chi connectivity index (χ0) is 18.2. The van der Waals surface area contributed by atoms with Gasteiger partial charge in [0.25, 0.3) is 5.91 Å². The fraction of sp³-hybridized carbons (Fsp3) is 0.619. The first kappa shape index (κ1) is 19.5. The second kappa shape index (κ2) is 9.59. The molecule has 1 aliphatic rings. The maximum Gasteiger partial charge on any atom is 0.254 e. The van der Waals surface area contributed by atoms with Crippen LogP contribution in [0.3, 0.4) is 0 Å². The topological polar surface area (TPSA) is 49.4 Å². The number of aryl methyl sites for hydroxylation is 2. The van der Waals surface area contributed by atoms with Crippen LogP contribution in [0.5, 0.6) is 0 Å². The van der Waals surface area contributed by atoms with Gasteiger partial charge in [0.05, 0.1) is 5.92 Å². The average molecular weight is 344 g/mol. The molecule has 0 aliphatic carbocycles. The van der Waals surface area contributed by atoms with Gasteiger partial charge >= 0.3 is 0 Å². The summed E-state index contributed by atoms with van der Waals surface area (Å²) >= 11 is 0. The Kier molecular flexibility index (Phi) is 7.48. The Balaban J connectivity index is 1.90. The average Bonchev–Trinajstić information content (AvgIpc) is 2.63. The zero-order valence-corrected chi connectivity index (χ0v) is 15.9. The number of nitrogens with zero attached hydrogens (tertiary/aromatic N) is 1. The van der Waals surface area contributed by atoms with Crippen molar-refractivity contribution < 1.29 is 9.59 Å². The molecule has 1 atom stereocenters. The molecule has 25 heavy (non-hydrogen) atoms. The summed E-state index contributed by atoms with van der Waals surface area (Å²) in [4.78, 5) is 27.1. The lowest BCUT2D eigenvalue weighted by molar-refractivity contribution is -0.126. The third-order valence-corrected chi connectivity index (χ3v) is 5.03. The number of carbonyl (C=O) groups excluding carboxylic acids is 2. The van der Waals surface area contributed by atoms with Gasteiger partial charge in [-0.25, -0.2) is 0 Å². The van der Waals surface area contributed by atoms with Crippen molar-refractivity contribution >= 4 is 11.8 Å². The molecule has 4 heteroatoms. The minimum absolute atomic E-state index is 0.0571. The SMILES string of the molecule is CCCCCCNC(=O)C1CCCN(C(=O)c2cc(C)ccc2C)C1. The molecule has 4 nitrogen and oxygen atoms in total. The van der Waals surface area contributed by atoms with Gasteiger partial charge in [0.15, 0.2) is 0 Å². The number of carbonyl (C=O) groups is 2. The van der Waals surface area contributed by atoms with Crippen molar-refractivity contribution in [3.8, 4) is 0 Å². The van der Waals surface area contributed by atoms with Gasteiger partial charge in [-0.1, -0.05) is 43.9 Å². The summed E-state index contributed by atoms with van der Waals surface area (Å²) < 4.78 is 0. The fourth-order valence-electron chi connectivity index (χ4n) is 3.42. The lowest BCUT2D eigenvalue weighted by Gasteiger charge is -2.32. The van der Waals surface area contributed by atoms with E-state index in [1.807, 2.05) is 36.9 Å². The first-order valence-electron chi connectivity index (χ1n) is 9.67. The number of unbranched alkanes of at least 4 members (excludes halogenated alkanes) is 3. The highest BCUT2D eigenvalue weighted by molar-refractivity contribution is 5.96. The summed E-state index contributed by atoms with van der Waals surface area (Å²) in [7, 11) is 0. The molecular formula is C21H32N2O2. The number of hydrogen-bond acceptors (Lipinski definition) is 2. The van der Waals surface area contributed by atoms with E-state index in [-0.39, 0.29) is 17.7 Å². The lowest BCUT2D eigenvalue weighted by Crippen LogP contribution is -2.45. The maximum atomic E-state index is 12.9. The molecule has 1 fully saturated rings. The van der Waals surface area contributed by atoms with Gasteiger partial charge in [0.1, 0.15) is 0 Å². The minimum Gasteiger partial charge on any atom is -0.356 e. The monoisotopic (exact) mass is 344 g/mol. The third-order valence-electron chi connectivity index (χ3n) is 5.03. The molecule has 0 saturated carbocycles. The van der Waals surface area contributed by atoms with E-state index >= 15 is 0 Å². The van der Waals surface area contributed by atoms with E-state index < -0.39 is 0 Å². The van der Waals surface area contributed by atoms with Crippen LogP contribution >= 0.6 is 0 Å². The molecule has 1 aromatic carbocycles. The highest BCUT2D eigenvalue weighted by Crippen LogP contribution is 2.21. The highest BCUT2D eigenvalue weighted by atomic mass is 16.2. The second-order valence-electron chi connectivity index (χ2n) is 7.26. The molecule has 1 aromatic rings. The van der Waals surface area contributed by atoms with Crippen LogP contribution in [0.2, 0.25) is 0 Å². The van der Waals surface area contributed by atoms with Crippen LogP contribution in [0, 0.1) is 19.8 Å². The molecule has 1 saturated heterocycles. The summed E-state index contributed by atoms with van der Waals surface area (Å²) in [5.74, 6) is 0.0885. The number of benzene rings is 1. The molecule has 0 radical (unpaired) electrons. The number of nitrogens with one attached hydrogen (secondary N) is 1. The molecule has 1 unspecified atom stereocenters. The van der Waals surface area contributed by atoms with Gasteiger partial charge in [-0.2, -0.15) is 0 Å². The van der Waals surface area contributed by atoms with Gasteiger partial charge in [0, 0.05) is 25.2 Å². The van der Waals surface area contributed by atoms with Gasteiger partial charge in [-0.05, 0) is 44.7 Å². The van der Waals surface area contributed by atoms with Gasteiger partial charge < -0.3 is 10.2 Å². The largest absolute Gasteiger partial charge is 0.356 e. The van der Waals surface area contributed by atoms with E-state index in [1.165, 1.54) is 19.3 Å². The molecule has 2 amide bonds. The quantitative estimate of drug-likeness (QED) is 0.764. The molecule has 0 bridgehead atoms. The molecule has 0 aromatic heterocycles. The van der Waals surface area contributed by atoms with E-state index in [9.17, 15) is 9.59 Å². The predicted molar refractivity (Wildman–Crippen MR) is 102 cm³/mol. The van der Waals surface area contributed by atoms with Crippen LogP contribution in [0.25, 0.3) is 0 Å². The summed E-state index contributed by atoms with van der Waals surface area (Å²) in [6.07, 6.45) is 6.39. The van der Waals surface area contributed by atoms with Crippen LogP contribution in [-0.2, 0) is 4.79 Å². The van der Waals surface area contributed by atoms with Crippen molar-refractivity contribution in [2.24, 2.45) is 5.92 Å². The van der Waals surface area contributed by atoms with Gasteiger partial charge in [-0.3, -0.25) is 9.59 Å². The summed E-state index contributed by atoms with van der Waals surface area (Å²) in [5, 5.41) is 3.05. The van der Waals surface area contributed by atoms with E-state index in [1.54, 1.807) is 0 Å². The van der Waals surface area contributed by atoms with E-state index in [0.717, 1.165) is 49.0 Å². The zero-order valence-electron chi connectivity index (χ0n) is 15.9.